The number of aromatic nitrogens is 3. The lowest BCUT2D eigenvalue weighted by atomic mass is 10.1. The summed E-state index contributed by atoms with van der Waals surface area (Å²) >= 11 is 6.75. The summed E-state index contributed by atoms with van der Waals surface area (Å²) in [6.07, 6.45) is 0.350. The standard InChI is InChI=1S/C16H13N5OS2/c17-8-7-11-3-5-12(6-4-11)18-14(22)10-21-15(19-20-16(21)23)13-2-1-9-24-13/h1-6,9H,7,10H2,(H,18,22)(H,20,23). The van der Waals surface area contributed by atoms with Gasteiger partial charge in [-0.3, -0.25) is 14.5 Å². The molecule has 3 aromatic rings. The molecule has 0 saturated carbocycles. The van der Waals surface area contributed by atoms with E-state index in [2.05, 4.69) is 21.6 Å². The van der Waals surface area contributed by atoms with Gasteiger partial charge < -0.3 is 5.32 Å². The average molecular weight is 355 g/mol. The summed E-state index contributed by atoms with van der Waals surface area (Å²) in [5.41, 5.74) is 1.59. The molecule has 6 nitrogen and oxygen atoms in total. The van der Waals surface area contributed by atoms with Gasteiger partial charge in [0.25, 0.3) is 0 Å². The fourth-order valence-electron chi connectivity index (χ4n) is 2.20. The molecule has 3 rings (SSSR count). The molecule has 0 saturated heterocycles. The van der Waals surface area contributed by atoms with E-state index in [0.717, 1.165) is 10.4 Å². The first-order valence-corrected chi connectivity index (χ1v) is 8.41. The van der Waals surface area contributed by atoms with E-state index in [4.69, 9.17) is 17.5 Å². The van der Waals surface area contributed by atoms with Crippen LogP contribution >= 0.6 is 23.6 Å². The van der Waals surface area contributed by atoms with Crippen LogP contribution in [0.5, 0.6) is 0 Å². The minimum absolute atomic E-state index is 0.0719. The largest absolute Gasteiger partial charge is 0.325 e. The summed E-state index contributed by atoms with van der Waals surface area (Å²) < 4.78 is 2.07. The number of aromatic amines is 1. The smallest absolute Gasteiger partial charge is 0.244 e. The second-order valence-corrected chi connectivity index (χ2v) is 6.33. The number of thiophene rings is 1. The molecule has 0 aliphatic heterocycles. The molecule has 0 spiro atoms. The third-order valence-corrected chi connectivity index (χ3v) is 4.50. The van der Waals surface area contributed by atoms with Gasteiger partial charge in [-0.2, -0.15) is 10.4 Å². The van der Waals surface area contributed by atoms with Crippen LogP contribution < -0.4 is 5.32 Å². The molecule has 0 bridgehead atoms. The fourth-order valence-corrected chi connectivity index (χ4v) is 3.12. The van der Waals surface area contributed by atoms with Crippen LogP contribution in [-0.4, -0.2) is 20.7 Å². The van der Waals surface area contributed by atoms with E-state index in [9.17, 15) is 4.79 Å². The first-order chi connectivity index (χ1) is 11.7. The highest BCUT2D eigenvalue weighted by molar-refractivity contribution is 7.71. The Morgan fingerprint density at radius 3 is 2.83 bits per heavy atom. The van der Waals surface area contributed by atoms with Crippen LogP contribution in [0.25, 0.3) is 10.7 Å². The van der Waals surface area contributed by atoms with E-state index in [-0.39, 0.29) is 12.5 Å². The second kappa shape index (κ2) is 7.21. The van der Waals surface area contributed by atoms with E-state index < -0.39 is 0 Å². The minimum Gasteiger partial charge on any atom is -0.325 e. The maximum absolute atomic E-state index is 12.3. The summed E-state index contributed by atoms with van der Waals surface area (Å²) in [7, 11) is 0. The molecule has 2 heterocycles. The van der Waals surface area contributed by atoms with Crippen LogP contribution in [0.15, 0.2) is 41.8 Å². The zero-order valence-corrected chi connectivity index (χ0v) is 14.2. The number of carbonyl (C=O) groups excluding carboxylic acids is 1. The Bertz CT molecular complexity index is 932. The van der Waals surface area contributed by atoms with Crippen molar-refractivity contribution >= 4 is 35.1 Å². The first kappa shape index (κ1) is 16.1. The normalized spacial score (nSPS) is 10.3. The molecular formula is C16H13N5OS2. The van der Waals surface area contributed by atoms with E-state index >= 15 is 0 Å². The van der Waals surface area contributed by atoms with Gasteiger partial charge in [0.15, 0.2) is 10.6 Å². The maximum Gasteiger partial charge on any atom is 0.244 e. The van der Waals surface area contributed by atoms with Gasteiger partial charge in [-0.25, -0.2) is 0 Å². The van der Waals surface area contributed by atoms with Crippen LogP contribution in [0.2, 0.25) is 0 Å². The quantitative estimate of drug-likeness (QED) is 0.687. The maximum atomic E-state index is 12.3. The third-order valence-electron chi connectivity index (χ3n) is 3.32. The molecule has 120 valence electrons. The molecule has 2 aromatic heterocycles. The van der Waals surface area contributed by atoms with Crippen molar-refractivity contribution in [1.82, 2.24) is 14.8 Å². The Morgan fingerprint density at radius 2 is 2.17 bits per heavy atom. The fraction of sp³-hybridized carbons (Fsp3) is 0.125. The predicted octanol–water partition coefficient (Wildman–Crippen LogP) is 3.37. The number of nitrogens with one attached hydrogen (secondary N) is 2. The zero-order chi connectivity index (χ0) is 16.9. The van der Waals surface area contributed by atoms with Crippen molar-refractivity contribution in [2.75, 3.05) is 5.32 Å². The Kier molecular flexibility index (Phi) is 4.84. The topological polar surface area (TPSA) is 86.5 Å². The van der Waals surface area contributed by atoms with Gasteiger partial charge in [0.05, 0.1) is 17.4 Å². The number of hydrogen-bond donors (Lipinski definition) is 2. The Balaban J connectivity index is 1.73. The van der Waals surface area contributed by atoms with Gasteiger partial charge in [-0.05, 0) is 41.4 Å². The van der Waals surface area contributed by atoms with Crippen molar-refractivity contribution in [2.45, 2.75) is 13.0 Å². The number of carbonyl (C=O) groups is 1. The summed E-state index contributed by atoms with van der Waals surface area (Å²) in [6, 6.07) is 13.1. The van der Waals surface area contributed by atoms with Gasteiger partial charge >= 0.3 is 0 Å². The summed E-state index contributed by atoms with van der Waals surface area (Å²) in [5, 5.41) is 20.4. The van der Waals surface area contributed by atoms with Crippen LogP contribution in [-0.2, 0) is 17.8 Å². The SMILES string of the molecule is N#CCc1ccc(NC(=O)Cn2c(-c3cccs3)n[nH]c2=S)cc1. The molecule has 0 aliphatic rings. The monoisotopic (exact) mass is 355 g/mol. The molecule has 0 aliphatic carbocycles. The van der Waals surface area contributed by atoms with Crippen molar-refractivity contribution in [3.05, 3.63) is 52.1 Å². The minimum atomic E-state index is -0.196. The predicted molar refractivity (Wildman–Crippen MR) is 95.1 cm³/mol. The van der Waals surface area contributed by atoms with Crippen molar-refractivity contribution in [3.63, 3.8) is 0 Å². The van der Waals surface area contributed by atoms with Gasteiger partial charge in [0, 0.05) is 5.69 Å². The molecule has 0 atom stereocenters. The van der Waals surface area contributed by atoms with Crippen LogP contribution in [0, 0.1) is 16.1 Å². The molecule has 24 heavy (non-hydrogen) atoms. The van der Waals surface area contributed by atoms with Gasteiger partial charge in [-0.15, -0.1) is 11.3 Å². The highest BCUT2D eigenvalue weighted by atomic mass is 32.1. The number of rotatable bonds is 5. The highest BCUT2D eigenvalue weighted by Crippen LogP contribution is 2.22. The molecule has 1 aromatic carbocycles. The van der Waals surface area contributed by atoms with Crippen LogP contribution in [0.1, 0.15) is 5.56 Å². The zero-order valence-electron chi connectivity index (χ0n) is 12.5. The number of hydrogen-bond acceptors (Lipinski definition) is 5. The van der Waals surface area contributed by atoms with Crippen molar-refractivity contribution in [3.8, 4) is 16.8 Å². The summed E-state index contributed by atoms with van der Waals surface area (Å²) in [5.74, 6) is 0.452. The Hall–Kier alpha value is -2.76. The van der Waals surface area contributed by atoms with Crippen LogP contribution in [0.4, 0.5) is 5.69 Å². The molecule has 0 fully saturated rings. The molecule has 8 heteroatoms. The average Bonchev–Trinajstić information content (AvgIpc) is 3.20. The first-order valence-electron chi connectivity index (χ1n) is 7.12. The number of anilines is 1. The van der Waals surface area contributed by atoms with E-state index in [1.807, 2.05) is 29.6 Å². The van der Waals surface area contributed by atoms with Crippen molar-refractivity contribution in [2.24, 2.45) is 0 Å². The van der Waals surface area contributed by atoms with E-state index in [0.29, 0.717) is 22.7 Å². The van der Waals surface area contributed by atoms with E-state index in [1.165, 1.54) is 11.3 Å². The van der Waals surface area contributed by atoms with Crippen LogP contribution in [0.3, 0.4) is 0 Å². The van der Waals surface area contributed by atoms with Gasteiger partial charge in [-0.1, -0.05) is 18.2 Å². The molecular weight excluding hydrogens is 342 g/mol. The second-order valence-electron chi connectivity index (χ2n) is 5.00. The molecule has 0 unspecified atom stereocenters. The van der Waals surface area contributed by atoms with Crippen molar-refractivity contribution in [1.29, 1.82) is 5.26 Å². The number of nitriles is 1. The highest BCUT2D eigenvalue weighted by Gasteiger charge is 2.13. The number of nitrogens with zero attached hydrogens (tertiary/aromatic N) is 3. The molecule has 2 N–H and O–H groups in total. The Labute approximate surface area is 147 Å². The Morgan fingerprint density at radius 1 is 1.38 bits per heavy atom. The lowest BCUT2D eigenvalue weighted by molar-refractivity contribution is -0.116. The molecule has 1 amide bonds. The summed E-state index contributed by atoms with van der Waals surface area (Å²) in [6.45, 7) is 0.0719. The third kappa shape index (κ3) is 3.59. The summed E-state index contributed by atoms with van der Waals surface area (Å²) in [4.78, 5) is 13.2. The van der Waals surface area contributed by atoms with E-state index in [1.54, 1.807) is 16.7 Å². The molecule has 0 radical (unpaired) electrons. The van der Waals surface area contributed by atoms with Crippen molar-refractivity contribution < 1.29 is 4.79 Å². The lowest BCUT2D eigenvalue weighted by Crippen LogP contribution is -2.19. The van der Waals surface area contributed by atoms with Gasteiger partial charge in [0.2, 0.25) is 5.91 Å². The number of benzene rings is 1. The number of H-pyrrole nitrogens is 1. The number of amides is 1. The van der Waals surface area contributed by atoms with Gasteiger partial charge in [0.1, 0.15) is 6.54 Å². The lowest BCUT2D eigenvalue weighted by Gasteiger charge is -2.08.